The molecule has 0 unspecified atom stereocenters. The molecule has 3 nitrogen and oxygen atoms in total. The molecule has 4 heteroatoms. The van der Waals surface area contributed by atoms with Crippen molar-refractivity contribution in [3.05, 3.63) is 58.9 Å². The van der Waals surface area contributed by atoms with E-state index in [1.807, 2.05) is 36.4 Å². The van der Waals surface area contributed by atoms with Crippen LogP contribution < -0.4 is 4.74 Å². The maximum Gasteiger partial charge on any atom is 0.172 e. The smallest absolute Gasteiger partial charge is 0.172 e. The quantitative estimate of drug-likeness (QED) is 0.779. The maximum atomic E-state index is 8.65. The number of ether oxygens (including phenoxy) is 1. The number of rotatable bonds is 3. The Morgan fingerprint density at radius 3 is 2.59 bits per heavy atom. The third-order valence-corrected chi connectivity index (χ3v) is 2.44. The van der Waals surface area contributed by atoms with Crippen LogP contribution in [0.25, 0.3) is 0 Å². The van der Waals surface area contributed by atoms with E-state index in [-0.39, 0.29) is 10.8 Å². The van der Waals surface area contributed by atoms with Gasteiger partial charge in [-0.05, 0) is 17.7 Å². The molecule has 0 saturated carbocycles. The van der Waals surface area contributed by atoms with Crippen LogP contribution in [-0.4, -0.2) is 4.98 Å². The second-order valence-corrected chi connectivity index (χ2v) is 3.73. The zero-order valence-electron chi connectivity index (χ0n) is 8.93. The topological polar surface area (TPSA) is 45.9 Å². The molecule has 0 atom stereocenters. The summed E-state index contributed by atoms with van der Waals surface area (Å²) < 4.78 is 5.52. The van der Waals surface area contributed by atoms with Gasteiger partial charge in [-0.3, -0.25) is 0 Å². The Hall–Kier alpha value is -2.05. The van der Waals surface area contributed by atoms with Gasteiger partial charge in [0, 0.05) is 0 Å². The van der Waals surface area contributed by atoms with E-state index in [1.54, 1.807) is 12.1 Å². The maximum absolute atomic E-state index is 8.65. The SMILES string of the molecule is N#Cc1ccc(OCc2ccccc2)c(Cl)n1. The Bertz CT molecular complexity index is 549. The molecule has 0 radical (unpaired) electrons. The van der Waals surface area contributed by atoms with E-state index in [1.165, 1.54) is 0 Å². The first-order chi connectivity index (χ1) is 8.29. The van der Waals surface area contributed by atoms with E-state index >= 15 is 0 Å². The number of hydrogen-bond donors (Lipinski definition) is 0. The first-order valence-corrected chi connectivity index (χ1v) is 5.41. The number of hydrogen-bond acceptors (Lipinski definition) is 3. The normalized spacial score (nSPS) is 9.65. The molecule has 84 valence electrons. The molecular weight excluding hydrogens is 236 g/mol. The average molecular weight is 245 g/mol. The van der Waals surface area contributed by atoms with Crippen LogP contribution in [-0.2, 0) is 6.61 Å². The molecule has 0 aliphatic rings. The van der Waals surface area contributed by atoms with Crippen LogP contribution in [0.5, 0.6) is 5.75 Å². The Kier molecular flexibility index (Phi) is 3.59. The lowest BCUT2D eigenvalue weighted by Crippen LogP contribution is -1.97. The lowest BCUT2D eigenvalue weighted by atomic mass is 10.2. The van der Waals surface area contributed by atoms with Gasteiger partial charge in [0.25, 0.3) is 0 Å². The van der Waals surface area contributed by atoms with Crippen molar-refractivity contribution in [2.75, 3.05) is 0 Å². The molecule has 1 heterocycles. The number of aromatic nitrogens is 1. The monoisotopic (exact) mass is 244 g/mol. The summed E-state index contributed by atoms with van der Waals surface area (Å²) in [5.41, 5.74) is 1.33. The molecule has 0 bridgehead atoms. The van der Waals surface area contributed by atoms with Crippen LogP contribution in [0.2, 0.25) is 5.15 Å². The summed E-state index contributed by atoms with van der Waals surface area (Å²) in [5, 5.41) is 8.86. The van der Waals surface area contributed by atoms with Crippen LogP contribution in [0.3, 0.4) is 0 Å². The Labute approximate surface area is 104 Å². The molecule has 1 aromatic carbocycles. The zero-order valence-corrected chi connectivity index (χ0v) is 9.69. The lowest BCUT2D eigenvalue weighted by molar-refractivity contribution is 0.305. The molecule has 2 rings (SSSR count). The van der Waals surface area contributed by atoms with Gasteiger partial charge in [0.1, 0.15) is 18.4 Å². The van der Waals surface area contributed by atoms with Crippen LogP contribution in [0.1, 0.15) is 11.3 Å². The second-order valence-electron chi connectivity index (χ2n) is 3.37. The number of nitrogens with zero attached hydrogens (tertiary/aromatic N) is 2. The summed E-state index contributed by atoms with van der Waals surface area (Å²) in [6, 6.07) is 14.9. The Balaban J connectivity index is 2.08. The van der Waals surface area contributed by atoms with Crippen molar-refractivity contribution >= 4 is 11.6 Å². The predicted molar refractivity (Wildman–Crippen MR) is 64.7 cm³/mol. The van der Waals surface area contributed by atoms with E-state index < -0.39 is 0 Å². The fourth-order valence-corrected chi connectivity index (χ4v) is 1.54. The van der Waals surface area contributed by atoms with Crippen molar-refractivity contribution in [2.45, 2.75) is 6.61 Å². The largest absolute Gasteiger partial charge is 0.486 e. The van der Waals surface area contributed by atoms with Gasteiger partial charge in [-0.2, -0.15) is 5.26 Å². The summed E-state index contributed by atoms with van der Waals surface area (Å²) in [6.45, 7) is 0.425. The third kappa shape index (κ3) is 2.96. The van der Waals surface area contributed by atoms with Crippen LogP contribution >= 0.6 is 11.6 Å². The van der Waals surface area contributed by atoms with Gasteiger partial charge in [-0.15, -0.1) is 0 Å². The highest BCUT2D eigenvalue weighted by molar-refractivity contribution is 6.30. The molecule has 2 aromatic rings. The van der Waals surface area contributed by atoms with Gasteiger partial charge in [-0.1, -0.05) is 41.9 Å². The van der Waals surface area contributed by atoms with Crippen molar-refractivity contribution in [1.29, 1.82) is 5.26 Å². The van der Waals surface area contributed by atoms with Gasteiger partial charge >= 0.3 is 0 Å². The van der Waals surface area contributed by atoms with E-state index in [4.69, 9.17) is 21.6 Å². The third-order valence-electron chi connectivity index (χ3n) is 2.17. The van der Waals surface area contributed by atoms with Gasteiger partial charge in [-0.25, -0.2) is 4.98 Å². The first-order valence-electron chi connectivity index (χ1n) is 5.03. The van der Waals surface area contributed by atoms with Gasteiger partial charge < -0.3 is 4.74 Å². The zero-order chi connectivity index (χ0) is 12.1. The Morgan fingerprint density at radius 2 is 1.94 bits per heavy atom. The number of benzene rings is 1. The van der Waals surface area contributed by atoms with Crippen molar-refractivity contribution in [1.82, 2.24) is 4.98 Å². The second kappa shape index (κ2) is 5.33. The fraction of sp³-hybridized carbons (Fsp3) is 0.0769. The van der Waals surface area contributed by atoms with Gasteiger partial charge in [0.15, 0.2) is 10.9 Å². The van der Waals surface area contributed by atoms with Crippen LogP contribution in [0.15, 0.2) is 42.5 Å². The van der Waals surface area contributed by atoms with E-state index in [0.29, 0.717) is 12.4 Å². The van der Waals surface area contributed by atoms with Gasteiger partial charge in [0.05, 0.1) is 0 Å². The van der Waals surface area contributed by atoms with E-state index in [0.717, 1.165) is 5.56 Å². The molecule has 0 spiro atoms. The summed E-state index contributed by atoms with van der Waals surface area (Å²) in [6.07, 6.45) is 0. The van der Waals surface area contributed by atoms with E-state index in [9.17, 15) is 0 Å². The van der Waals surface area contributed by atoms with Crippen molar-refractivity contribution < 1.29 is 4.74 Å². The molecule has 1 aromatic heterocycles. The molecule has 0 aliphatic carbocycles. The molecular formula is C13H9ClN2O. The molecule has 17 heavy (non-hydrogen) atoms. The highest BCUT2D eigenvalue weighted by Crippen LogP contribution is 2.22. The fourth-order valence-electron chi connectivity index (χ4n) is 1.33. The van der Waals surface area contributed by atoms with Crippen LogP contribution in [0.4, 0.5) is 0 Å². The van der Waals surface area contributed by atoms with Crippen molar-refractivity contribution in [3.8, 4) is 11.8 Å². The summed E-state index contributed by atoms with van der Waals surface area (Å²) >= 11 is 5.89. The molecule has 0 fully saturated rings. The summed E-state index contributed by atoms with van der Waals surface area (Å²) in [5.74, 6) is 0.481. The minimum absolute atomic E-state index is 0.208. The summed E-state index contributed by atoms with van der Waals surface area (Å²) in [4.78, 5) is 3.88. The highest BCUT2D eigenvalue weighted by atomic mass is 35.5. The summed E-state index contributed by atoms with van der Waals surface area (Å²) in [7, 11) is 0. The standard InChI is InChI=1S/C13H9ClN2O/c14-13-12(7-6-11(8-15)16-13)17-9-10-4-2-1-3-5-10/h1-7H,9H2. The molecule has 0 amide bonds. The minimum Gasteiger partial charge on any atom is -0.486 e. The molecule has 0 saturated heterocycles. The highest BCUT2D eigenvalue weighted by Gasteiger charge is 2.04. The predicted octanol–water partition coefficient (Wildman–Crippen LogP) is 3.19. The average Bonchev–Trinajstić information content (AvgIpc) is 2.38. The number of pyridine rings is 1. The minimum atomic E-state index is 0.208. The van der Waals surface area contributed by atoms with Crippen molar-refractivity contribution in [3.63, 3.8) is 0 Å². The number of nitriles is 1. The van der Waals surface area contributed by atoms with Gasteiger partial charge in [0.2, 0.25) is 0 Å². The molecule has 0 aliphatic heterocycles. The Morgan fingerprint density at radius 1 is 1.18 bits per heavy atom. The first kappa shape index (κ1) is 11.4. The van der Waals surface area contributed by atoms with Crippen LogP contribution in [0, 0.1) is 11.3 Å². The van der Waals surface area contributed by atoms with E-state index in [2.05, 4.69) is 4.98 Å². The number of halogens is 1. The van der Waals surface area contributed by atoms with Crippen molar-refractivity contribution in [2.24, 2.45) is 0 Å². The molecule has 0 N–H and O–H groups in total. The lowest BCUT2D eigenvalue weighted by Gasteiger charge is -2.07.